The zero-order valence-corrected chi connectivity index (χ0v) is 13.3. The van der Waals surface area contributed by atoms with Crippen LogP contribution in [0, 0.1) is 6.92 Å². The monoisotopic (exact) mass is 301 g/mol. The van der Waals surface area contributed by atoms with Gasteiger partial charge in [0.2, 0.25) is 0 Å². The molecule has 1 heterocycles. The Balaban J connectivity index is 1.92. The average molecular weight is 302 g/mol. The van der Waals surface area contributed by atoms with Crippen LogP contribution in [-0.2, 0) is 6.54 Å². The van der Waals surface area contributed by atoms with Gasteiger partial charge in [-0.3, -0.25) is 0 Å². The molecule has 0 spiro atoms. The van der Waals surface area contributed by atoms with Crippen LogP contribution in [0.25, 0.3) is 0 Å². The van der Waals surface area contributed by atoms with Gasteiger partial charge in [-0.05, 0) is 32.3 Å². The maximum atomic E-state index is 6.32. The molecule has 0 unspecified atom stereocenters. The van der Waals surface area contributed by atoms with Crippen LogP contribution in [0.3, 0.4) is 0 Å². The molecule has 0 saturated heterocycles. The number of hydrogen-bond acceptors (Lipinski definition) is 3. The predicted octanol–water partition coefficient (Wildman–Crippen LogP) is 4.34. The lowest BCUT2D eigenvalue weighted by Crippen LogP contribution is -2.25. The van der Waals surface area contributed by atoms with Crippen molar-refractivity contribution in [2.45, 2.75) is 39.2 Å². The van der Waals surface area contributed by atoms with Gasteiger partial charge in [-0.15, -0.1) is 0 Å². The quantitative estimate of drug-likeness (QED) is 0.769. The number of benzene rings is 1. The lowest BCUT2D eigenvalue weighted by atomic mass is 10.2. The van der Waals surface area contributed by atoms with Gasteiger partial charge >= 0.3 is 0 Å². The van der Waals surface area contributed by atoms with E-state index < -0.39 is 0 Å². The van der Waals surface area contributed by atoms with Crippen molar-refractivity contribution in [3.63, 3.8) is 0 Å². The van der Waals surface area contributed by atoms with E-state index in [0.29, 0.717) is 11.1 Å². The second kappa shape index (κ2) is 6.02. The van der Waals surface area contributed by atoms with E-state index in [1.54, 1.807) is 0 Å². The minimum Gasteiger partial charge on any atom is -0.352 e. The van der Waals surface area contributed by atoms with Crippen molar-refractivity contribution < 1.29 is 0 Å². The Morgan fingerprint density at radius 1 is 1.19 bits per heavy atom. The van der Waals surface area contributed by atoms with Crippen LogP contribution in [0.1, 0.15) is 42.6 Å². The van der Waals surface area contributed by atoms with Crippen molar-refractivity contribution in [1.82, 2.24) is 9.97 Å². The molecule has 1 aliphatic rings. The van der Waals surface area contributed by atoms with Crippen molar-refractivity contribution in [3.05, 3.63) is 52.4 Å². The first kappa shape index (κ1) is 14.3. The average Bonchev–Trinajstić information content (AvgIpc) is 3.33. The van der Waals surface area contributed by atoms with E-state index >= 15 is 0 Å². The molecule has 3 nitrogen and oxygen atoms in total. The van der Waals surface area contributed by atoms with Crippen LogP contribution in [0.5, 0.6) is 0 Å². The molecule has 1 fully saturated rings. The number of anilines is 1. The summed E-state index contributed by atoms with van der Waals surface area (Å²) in [6, 6.07) is 10.5. The highest BCUT2D eigenvalue weighted by Gasteiger charge is 2.28. The Hall–Kier alpha value is -1.61. The predicted molar refractivity (Wildman–Crippen MR) is 86.9 cm³/mol. The SMILES string of the molecule is CCN(Cc1ccccc1)c1nc(C2CC2)nc(Cl)c1C. The van der Waals surface area contributed by atoms with E-state index in [0.717, 1.165) is 30.3 Å². The van der Waals surface area contributed by atoms with E-state index in [1.165, 1.54) is 18.4 Å². The summed E-state index contributed by atoms with van der Waals surface area (Å²) in [7, 11) is 0. The molecule has 0 bridgehead atoms. The van der Waals surface area contributed by atoms with Gasteiger partial charge in [0.1, 0.15) is 16.8 Å². The van der Waals surface area contributed by atoms with Crippen LogP contribution >= 0.6 is 11.6 Å². The lowest BCUT2D eigenvalue weighted by Gasteiger charge is -2.24. The molecule has 4 heteroatoms. The highest BCUT2D eigenvalue weighted by molar-refractivity contribution is 6.30. The second-order valence-electron chi connectivity index (χ2n) is 5.60. The first-order valence-electron chi connectivity index (χ1n) is 7.52. The summed E-state index contributed by atoms with van der Waals surface area (Å²) >= 11 is 6.32. The van der Waals surface area contributed by atoms with Crippen LogP contribution in [0.15, 0.2) is 30.3 Å². The molecule has 110 valence electrons. The Morgan fingerprint density at radius 3 is 2.52 bits per heavy atom. The van der Waals surface area contributed by atoms with E-state index in [4.69, 9.17) is 16.6 Å². The molecule has 21 heavy (non-hydrogen) atoms. The number of nitrogens with zero attached hydrogens (tertiary/aromatic N) is 3. The Morgan fingerprint density at radius 2 is 1.90 bits per heavy atom. The number of halogens is 1. The van der Waals surface area contributed by atoms with Gasteiger partial charge in [-0.2, -0.15) is 0 Å². The summed E-state index contributed by atoms with van der Waals surface area (Å²) in [6.45, 7) is 5.89. The summed E-state index contributed by atoms with van der Waals surface area (Å²) in [5.74, 6) is 2.40. The van der Waals surface area contributed by atoms with E-state index in [1.807, 2.05) is 13.0 Å². The number of aromatic nitrogens is 2. The van der Waals surface area contributed by atoms with Crippen LogP contribution in [0.4, 0.5) is 5.82 Å². The summed E-state index contributed by atoms with van der Waals surface area (Å²) in [4.78, 5) is 11.5. The molecule has 0 N–H and O–H groups in total. The fraction of sp³-hybridized carbons (Fsp3) is 0.412. The zero-order chi connectivity index (χ0) is 14.8. The minimum absolute atomic E-state index is 0.511. The molecule has 0 amide bonds. The summed E-state index contributed by atoms with van der Waals surface area (Å²) in [5, 5.41) is 0.591. The largest absolute Gasteiger partial charge is 0.352 e. The first-order valence-corrected chi connectivity index (χ1v) is 7.89. The molecular weight excluding hydrogens is 282 g/mol. The second-order valence-corrected chi connectivity index (χ2v) is 5.95. The maximum Gasteiger partial charge on any atom is 0.137 e. The molecule has 0 aliphatic heterocycles. The third kappa shape index (κ3) is 3.18. The lowest BCUT2D eigenvalue weighted by molar-refractivity contribution is 0.788. The highest BCUT2D eigenvalue weighted by atomic mass is 35.5. The van der Waals surface area contributed by atoms with Crippen LogP contribution in [0.2, 0.25) is 5.15 Å². The van der Waals surface area contributed by atoms with Crippen molar-refractivity contribution >= 4 is 17.4 Å². The van der Waals surface area contributed by atoms with Crippen molar-refractivity contribution in [3.8, 4) is 0 Å². The van der Waals surface area contributed by atoms with Gasteiger partial charge in [-0.1, -0.05) is 41.9 Å². The third-order valence-corrected chi connectivity index (χ3v) is 4.29. The normalized spacial score (nSPS) is 14.2. The summed E-state index contributed by atoms with van der Waals surface area (Å²) < 4.78 is 0. The Labute approximate surface area is 131 Å². The fourth-order valence-corrected chi connectivity index (χ4v) is 2.64. The third-order valence-electron chi connectivity index (χ3n) is 3.92. The number of hydrogen-bond donors (Lipinski definition) is 0. The van der Waals surface area contributed by atoms with Crippen molar-refractivity contribution in [2.75, 3.05) is 11.4 Å². The topological polar surface area (TPSA) is 29.0 Å². The smallest absolute Gasteiger partial charge is 0.137 e. The molecule has 2 aromatic rings. The van der Waals surface area contributed by atoms with Gasteiger partial charge < -0.3 is 4.90 Å². The Bertz CT molecular complexity index is 623. The molecule has 1 aliphatic carbocycles. The van der Waals surface area contributed by atoms with Gasteiger partial charge in [0.05, 0.1) is 0 Å². The van der Waals surface area contributed by atoms with Gasteiger partial charge in [0, 0.05) is 24.6 Å². The summed E-state index contributed by atoms with van der Waals surface area (Å²) in [5.41, 5.74) is 2.25. The molecule has 1 aromatic heterocycles. The molecule has 0 radical (unpaired) electrons. The first-order chi connectivity index (χ1) is 10.2. The van der Waals surface area contributed by atoms with Crippen molar-refractivity contribution in [1.29, 1.82) is 0 Å². The molecule has 0 atom stereocenters. The fourth-order valence-electron chi connectivity index (χ4n) is 2.47. The standard InChI is InChI=1S/C17H20ClN3/c1-3-21(11-13-7-5-4-6-8-13)17-12(2)15(18)19-16(20-17)14-9-10-14/h4-8,14H,3,9-11H2,1-2H3. The van der Waals surface area contributed by atoms with E-state index in [-0.39, 0.29) is 0 Å². The molecular formula is C17H20ClN3. The van der Waals surface area contributed by atoms with Gasteiger partial charge in [0.15, 0.2) is 0 Å². The van der Waals surface area contributed by atoms with E-state index in [2.05, 4.69) is 41.1 Å². The number of rotatable bonds is 5. The molecule has 1 aromatic carbocycles. The molecule has 3 rings (SSSR count). The minimum atomic E-state index is 0.511. The highest BCUT2D eigenvalue weighted by Crippen LogP contribution is 2.40. The zero-order valence-electron chi connectivity index (χ0n) is 12.5. The molecule has 1 saturated carbocycles. The van der Waals surface area contributed by atoms with Gasteiger partial charge in [0.25, 0.3) is 0 Å². The Kier molecular flexibility index (Phi) is 4.11. The van der Waals surface area contributed by atoms with Crippen LogP contribution in [-0.4, -0.2) is 16.5 Å². The van der Waals surface area contributed by atoms with E-state index in [9.17, 15) is 0 Å². The summed E-state index contributed by atoms with van der Waals surface area (Å²) in [6.07, 6.45) is 2.37. The maximum absolute atomic E-state index is 6.32. The van der Waals surface area contributed by atoms with Crippen molar-refractivity contribution in [2.24, 2.45) is 0 Å². The van der Waals surface area contributed by atoms with Crippen LogP contribution < -0.4 is 4.90 Å². The van der Waals surface area contributed by atoms with Gasteiger partial charge in [-0.25, -0.2) is 9.97 Å².